The van der Waals surface area contributed by atoms with Gasteiger partial charge in [0.2, 0.25) is 0 Å². The van der Waals surface area contributed by atoms with Crippen molar-refractivity contribution in [2.75, 3.05) is 0 Å². The third kappa shape index (κ3) is 3.67. The summed E-state index contributed by atoms with van der Waals surface area (Å²) < 4.78 is 0. The average molecular weight is 329 g/mol. The second kappa shape index (κ2) is 7.33. The van der Waals surface area contributed by atoms with Crippen molar-refractivity contribution in [2.45, 2.75) is 25.9 Å². The highest BCUT2D eigenvalue weighted by Crippen LogP contribution is 2.31. The van der Waals surface area contributed by atoms with Gasteiger partial charge in [-0.05, 0) is 24.1 Å². The lowest BCUT2D eigenvalue weighted by atomic mass is 10.0. The second-order valence-corrected chi connectivity index (χ2v) is 5.77. The summed E-state index contributed by atoms with van der Waals surface area (Å²) in [5.41, 5.74) is 2.10. The zero-order valence-corrected chi connectivity index (χ0v) is 13.4. The zero-order chi connectivity index (χ0) is 14.5. The Balaban J connectivity index is 2.14. The Bertz CT molecular complexity index is 569. The molecule has 0 fully saturated rings. The normalized spacial score (nSPS) is 12.4. The van der Waals surface area contributed by atoms with E-state index in [1.165, 1.54) is 5.56 Å². The largest absolute Gasteiger partial charge is 0.306 e. The van der Waals surface area contributed by atoms with Gasteiger partial charge in [-0.15, -0.1) is 0 Å². The maximum absolute atomic E-state index is 6.21. The summed E-state index contributed by atoms with van der Waals surface area (Å²) in [4.78, 5) is 0. The molecule has 20 heavy (non-hydrogen) atoms. The van der Waals surface area contributed by atoms with Crippen LogP contribution in [-0.2, 0) is 6.54 Å². The van der Waals surface area contributed by atoms with Gasteiger partial charge in [0.25, 0.3) is 0 Å². The lowest BCUT2D eigenvalue weighted by Crippen LogP contribution is -2.20. The van der Waals surface area contributed by atoms with Crippen molar-refractivity contribution in [3.05, 3.63) is 68.7 Å². The lowest BCUT2D eigenvalue weighted by Gasteiger charge is -2.18. The van der Waals surface area contributed by atoms with Crippen LogP contribution in [0.2, 0.25) is 15.1 Å². The maximum atomic E-state index is 6.21. The molecule has 0 aliphatic heterocycles. The highest BCUT2D eigenvalue weighted by molar-refractivity contribution is 6.44. The molecule has 2 aromatic carbocycles. The van der Waals surface area contributed by atoms with E-state index >= 15 is 0 Å². The summed E-state index contributed by atoms with van der Waals surface area (Å²) in [6, 6.07) is 14.1. The van der Waals surface area contributed by atoms with Crippen molar-refractivity contribution >= 4 is 34.8 Å². The van der Waals surface area contributed by atoms with Gasteiger partial charge < -0.3 is 5.32 Å². The van der Waals surface area contributed by atoms with Crippen LogP contribution in [0.5, 0.6) is 0 Å². The van der Waals surface area contributed by atoms with E-state index in [2.05, 4.69) is 24.4 Å². The van der Waals surface area contributed by atoms with E-state index in [-0.39, 0.29) is 6.04 Å². The number of halogens is 3. The number of hydrogen-bond donors (Lipinski definition) is 1. The molecule has 2 rings (SSSR count). The minimum atomic E-state index is 0.266. The first-order chi connectivity index (χ1) is 9.63. The minimum Gasteiger partial charge on any atom is -0.306 e. The van der Waals surface area contributed by atoms with E-state index in [1.807, 2.05) is 18.2 Å². The Hall–Kier alpha value is -0.730. The van der Waals surface area contributed by atoms with Crippen LogP contribution in [0.25, 0.3) is 0 Å². The first kappa shape index (κ1) is 15.7. The van der Waals surface area contributed by atoms with Gasteiger partial charge in [-0.2, -0.15) is 0 Å². The van der Waals surface area contributed by atoms with Gasteiger partial charge in [-0.3, -0.25) is 0 Å². The molecule has 0 saturated heterocycles. The van der Waals surface area contributed by atoms with Crippen molar-refractivity contribution in [1.82, 2.24) is 5.32 Å². The van der Waals surface area contributed by atoms with Crippen LogP contribution in [0.15, 0.2) is 42.5 Å². The molecule has 2 aromatic rings. The Morgan fingerprint density at radius 1 is 0.950 bits per heavy atom. The molecule has 4 heteroatoms. The van der Waals surface area contributed by atoms with Crippen LogP contribution in [0.4, 0.5) is 0 Å². The lowest BCUT2D eigenvalue weighted by molar-refractivity contribution is 0.519. The molecule has 106 valence electrons. The highest BCUT2D eigenvalue weighted by atomic mass is 35.5. The van der Waals surface area contributed by atoms with Crippen LogP contribution >= 0.6 is 34.8 Å². The predicted molar refractivity (Wildman–Crippen MR) is 87.8 cm³/mol. The Labute approximate surface area is 134 Å². The fraction of sp³-hybridized carbons (Fsp3) is 0.250. The molecule has 0 amide bonds. The van der Waals surface area contributed by atoms with E-state index in [4.69, 9.17) is 34.8 Å². The van der Waals surface area contributed by atoms with Gasteiger partial charge in [0.15, 0.2) is 0 Å². The number of nitrogens with one attached hydrogen (secondary N) is 1. The molecule has 0 aliphatic carbocycles. The van der Waals surface area contributed by atoms with Crippen LogP contribution in [-0.4, -0.2) is 0 Å². The summed E-state index contributed by atoms with van der Waals surface area (Å²) >= 11 is 18.4. The molecular weight excluding hydrogens is 313 g/mol. The van der Waals surface area contributed by atoms with Gasteiger partial charge in [0.1, 0.15) is 0 Å². The quantitative estimate of drug-likeness (QED) is 0.675. The van der Waals surface area contributed by atoms with Gasteiger partial charge >= 0.3 is 0 Å². The average Bonchev–Trinajstić information content (AvgIpc) is 2.48. The van der Waals surface area contributed by atoms with E-state index in [0.717, 1.165) is 12.0 Å². The van der Waals surface area contributed by atoms with Crippen molar-refractivity contribution in [3.63, 3.8) is 0 Å². The fourth-order valence-corrected chi connectivity index (χ4v) is 2.82. The predicted octanol–water partition coefficient (Wildman–Crippen LogP) is 5.89. The zero-order valence-electron chi connectivity index (χ0n) is 11.2. The first-order valence-electron chi connectivity index (χ1n) is 6.54. The van der Waals surface area contributed by atoms with Crippen LogP contribution in [0.3, 0.4) is 0 Å². The van der Waals surface area contributed by atoms with Gasteiger partial charge in [0.05, 0.1) is 10.0 Å². The first-order valence-corrected chi connectivity index (χ1v) is 7.67. The molecule has 0 aromatic heterocycles. The maximum Gasteiger partial charge on any atom is 0.0652 e. The summed E-state index contributed by atoms with van der Waals surface area (Å²) in [7, 11) is 0. The van der Waals surface area contributed by atoms with Crippen LogP contribution < -0.4 is 5.32 Å². The van der Waals surface area contributed by atoms with Crippen molar-refractivity contribution < 1.29 is 0 Å². The smallest absolute Gasteiger partial charge is 0.0652 e. The Kier molecular flexibility index (Phi) is 5.74. The molecule has 1 N–H and O–H groups in total. The summed E-state index contributed by atoms with van der Waals surface area (Å²) in [6.45, 7) is 2.73. The minimum absolute atomic E-state index is 0.266. The molecule has 0 radical (unpaired) electrons. The third-order valence-electron chi connectivity index (χ3n) is 3.27. The summed E-state index contributed by atoms with van der Waals surface area (Å²) in [6.07, 6.45) is 0.986. The second-order valence-electron chi connectivity index (χ2n) is 4.57. The number of rotatable bonds is 5. The van der Waals surface area contributed by atoms with Crippen LogP contribution in [0.1, 0.15) is 30.5 Å². The van der Waals surface area contributed by atoms with Gasteiger partial charge in [0, 0.05) is 23.2 Å². The summed E-state index contributed by atoms with van der Waals surface area (Å²) in [5, 5.41) is 5.17. The van der Waals surface area contributed by atoms with Crippen LogP contribution in [0, 0.1) is 0 Å². The third-order valence-corrected chi connectivity index (χ3v) is 4.47. The van der Waals surface area contributed by atoms with Gasteiger partial charge in [-0.25, -0.2) is 0 Å². The van der Waals surface area contributed by atoms with Crippen molar-refractivity contribution in [1.29, 1.82) is 0 Å². The molecule has 0 bridgehead atoms. The monoisotopic (exact) mass is 327 g/mol. The molecule has 0 aliphatic rings. The molecule has 0 spiro atoms. The topological polar surface area (TPSA) is 12.0 Å². The molecule has 0 saturated carbocycles. The fourth-order valence-electron chi connectivity index (χ4n) is 2.14. The SMILES string of the molecule is CCC(NCc1c(Cl)ccc(Cl)c1Cl)c1ccccc1. The summed E-state index contributed by atoms with van der Waals surface area (Å²) in [5.74, 6) is 0. The molecule has 1 unspecified atom stereocenters. The van der Waals surface area contributed by atoms with E-state index < -0.39 is 0 Å². The number of benzene rings is 2. The molecule has 1 nitrogen and oxygen atoms in total. The highest BCUT2D eigenvalue weighted by Gasteiger charge is 2.13. The Morgan fingerprint density at radius 2 is 1.60 bits per heavy atom. The van der Waals surface area contributed by atoms with Crippen molar-refractivity contribution in [2.24, 2.45) is 0 Å². The molecule has 0 heterocycles. The number of hydrogen-bond acceptors (Lipinski definition) is 1. The Morgan fingerprint density at radius 3 is 2.25 bits per heavy atom. The van der Waals surface area contributed by atoms with Gasteiger partial charge in [-0.1, -0.05) is 72.1 Å². The van der Waals surface area contributed by atoms with E-state index in [0.29, 0.717) is 21.6 Å². The van der Waals surface area contributed by atoms with Crippen molar-refractivity contribution in [3.8, 4) is 0 Å². The molecular formula is C16H16Cl3N. The standard InChI is InChI=1S/C16H16Cl3N/c1-2-15(11-6-4-3-5-7-11)20-10-12-13(17)8-9-14(18)16(12)19/h3-9,15,20H,2,10H2,1H3. The molecule has 1 atom stereocenters. The van der Waals surface area contributed by atoms with E-state index in [9.17, 15) is 0 Å². The van der Waals surface area contributed by atoms with E-state index in [1.54, 1.807) is 12.1 Å².